The number of hydrazine groups is 1. The van der Waals surface area contributed by atoms with Gasteiger partial charge in [-0.1, -0.05) is 6.42 Å². The van der Waals surface area contributed by atoms with Crippen LogP contribution in [-0.2, 0) is 13.1 Å². The highest BCUT2D eigenvalue weighted by atomic mass is 15.5. The van der Waals surface area contributed by atoms with Crippen molar-refractivity contribution in [2.24, 2.45) is 0 Å². The highest BCUT2D eigenvalue weighted by molar-refractivity contribution is 4.99. The summed E-state index contributed by atoms with van der Waals surface area (Å²) in [6.45, 7) is 6.33. The van der Waals surface area contributed by atoms with Crippen LogP contribution in [0.3, 0.4) is 0 Å². The van der Waals surface area contributed by atoms with E-state index in [0.29, 0.717) is 0 Å². The summed E-state index contributed by atoms with van der Waals surface area (Å²) in [6, 6.07) is 2.08. The van der Waals surface area contributed by atoms with Gasteiger partial charge in [0.2, 0.25) is 0 Å². The third-order valence-electron chi connectivity index (χ3n) is 2.94. The molecule has 0 aromatic carbocycles. The molecule has 0 aliphatic carbocycles. The molecule has 4 heteroatoms. The molecule has 1 aliphatic heterocycles. The lowest BCUT2D eigenvalue weighted by atomic mass is 10.2. The molecule has 1 fully saturated rings. The second kappa shape index (κ2) is 5.28. The second-order valence-electron chi connectivity index (χ2n) is 4.02. The molecule has 1 N–H and O–H groups in total. The van der Waals surface area contributed by atoms with Crippen LogP contribution in [0, 0.1) is 0 Å². The first kappa shape index (κ1) is 10.6. The van der Waals surface area contributed by atoms with Crippen LogP contribution in [0.4, 0.5) is 0 Å². The van der Waals surface area contributed by atoms with E-state index in [1.54, 1.807) is 0 Å². The fraction of sp³-hybridized carbons (Fsp3) is 0.727. The molecule has 1 aromatic rings. The third kappa shape index (κ3) is 2.79. The van der Waals surface area contributed by atoms with Gasteiger partial charge < -0.3 is 0 Å². The molecule has 0 unspecified atom stereocenters. The van der Waals surface area contributed by atoms with Gasteiger partial charge in [0, 0.05) is 25.8 Å². The molecule has 84 valence electrons. The molecule has 4 nitrogen and oxygen atoms in total. The molecular formula is C11H20N4. The van der Waals surface area contributed by atoms with Crippen molar-refractivity contribution in [2.45, 2.75) is 39.3 Å². The summed E-state index contributed by atoms with van der Waals surface area (Å²) in [5.74, 6) is 0. The molecule has 2 rings (SSSR count). The smallest absolute Gasteiger partial charge is 0.0536 e. The van der Waals surface area contributed by atoms with Gasteiger partial charge in [-0.2, -0.15) is 5.10 Å². The highest BCUT2D eigenvalue weighted by Gasteiger charge is 2.09. The van der Waals surface area contributed by atoms with Crippen molar-refractivity contribution < 1.29 is 0 Å². The van der Waals surface area contributed by atoms with E-state index in [1.165, 1.54) is 38.0 Å². The minimum atomic E-state index is 0.897. The van der Waals surface area contributed by atoms with Crippen molar-refractivity contribution in [2.75, 3.05) is 13.1 Å². The zero-order chi connectivity index (χ0) is 10.5. The van der Waals surface area contributed by atoms with Gasteiger partial charge in [-0.25, -0.2) is 10.4 Å². The third-order valence-corrected chi connectivity index (χ3v) is 2.94. The number of hydrogen-bond acceptors (Lipinski definition) is 3. The lowest BCUT2D eigenvalue weighted by Crippen LogP contribution is -2.41. The topological polar surface area (TPSA) is 33.1 Å². The molecule has 1 aliphatic rings. The van der Waals surface area contributed by atoms with Gasteiger partial charge in [0.15, 0.2) is 0 Å². The summed E-state index contributed by atoms with van der Waals surface area (Å²) < 4.78 is 2.04. The van der Waals surface area contributed by atoms with Crippen molar-refractivity contribution in [3.63, 3.8) is 0 Å². The standard InChI is InChI=1S/C11H20N4/c1-2-15-11(6-7-12-15)10-13-14-8-4-3-5-9-14/h6-7,13H,2-5,8-10H2,1H3. The largest absolute Gasteiger partial charge is 0.269 e. The summed E-state index contributed by atoms with van der Waals surface area (Å²) in [4.78, 5) is 0. The average Bonchev–Trinajstić information content (AvgIpc) is 2.75. The summed E-state index contributed by atoms with van der Waals surface area (Å²) in [5, 5.41) is 6.59. The van der Waals surface area contributed by atoms with E-state index in [-0.39, 0.29) is 0 Å². The Balaban J connectivity index is 1.81. The second-order valence-corrected chi connectivity index (χ2v) is 4.02. The summed E-state index contributed by atoms with van der Waals surface area (Å²) in [7, 11) is 0. The van der Waals surface area contributed by atoms with Crippen LogP contribution in [0.15, 0.2) is 12.3 Å². The zero-order valence-corrected chi connectivity index (χ0v) is 9.45. The Hall–Kier alpha value is -0.870. The van der Waals surface area contributed by atoms with Gasteiger partial charge in [-0.15, -0.1) is 0 Å². The van der Waals surface area contributed by atoms with Crippen molar-refractivity contribution in [1.82, 2.24) is 20.2 Å². The van der Waals surface area contributed by atoms with Gasteiger partial charge in [0.25, 0.3) is 0 Å². The van der Waals surface area contributed by atoms with E-state index in [0.717, 1.165) is 13.1 Å². The lowest BCUT2D eigenvalue weighted by Gasteiger charge is -2.27. The molecular weight excluding hydrogens is 188 g/mol. The van der Waals surface area contributed by atoms with E-state index < -0.39 is 0 Å². The van der Waals surface area contributed by atoms with Crippen LogP contribution in [-0.4, -0.2) is 27.9 Å². The minimum Gasteiger partial charge on any atom is -0.269 e. The van der Waals surface area contributed by atoms with Crippen LogP contribution in [0.5, 0.6) is 0 Å². The molecule has 2 heterocycles. The number of aryl methyl sites for hydroxylation is 1. The molecule has 1 aromatic heterocycles. The Morgan fingerprint density at radius 1 is 1.33 bits per heavy atom. The summed E-state index contributed by atoms with van der Waals surface area (Å²) in [5.41, 5.74) is 4.74. The van der Waals surface area contributed by atoms with Gasteiger partial charge in [0.1, 0.15) is 0 Å². The van der Waals surface area contributed by atoms with E-state index in [4.69, 9.17) is 0 Å². The molecule has 1 saturated heterocycles. The van der Waals surface area contributed by atoms with Crippen molar-refractivity contribution >= 4 is 0 Å². The first-order chi connectivity index (χ1) is 7.40. The number of rotatable bonds is 4. The van der Waals surface area contributed by atoms with Gasteiger partial charge in [-0.05, 0) is 25.8 Å². The van der Waals surface area contributed by atoms with Crippen LogP contribution >= 0.6 is 0 Å². The van der Waals surface area contributed by atoms with Crippen molar-refractivity contribution in [1.29, 1.82) is 0 Å². The van der Waals surface area contributed by atoms with Crippen LogP contribution in [0.2, 0.25) is 0 Å². The van der Waals surface area contributed by atoms with Gasteiger partial charge >= 0.3 is 0 Å². The quantitative estimate of drug-likeness (QED) is 0.812. The number of nitrogens with zero attached hydrogens (tertiary/aromatic N) is 3. The first-order valence-electron chi connectivity index (χ1n) is 5.89. The molecule has 0 radical (unpaired) electrons. The monoisotopic (exact) mass is 208 g/mol. The van der Waals surface area contributed by atoms with Crippen molar-refractivity contribution in [3.05, 3.63) is 18.0 Å². The van der Waals surface area contributed by atoms with Crippen LogP contribution < -0.4 is 5.43 Å². The Morgan fingerprint density at radius 2 is 2.13 bits per heavy atom. The Labute approximate surface area is 91.2 Å². The summed E-state index contributed by atoms with van der Waals surface area (Å²) >= 11 is 0. The molecule has 0 saturated carbocycles. The maximum absolute atomic E-state index is 4.26. The maximum atomic E-state index is 4.26. The zero-order valence-electron chi connectivity index (χ0n) is 9.45. The Morgan fingerprint density at radius 3 is 2.87 bits per heavy atom. The molecule has 0 bridgehead atoms. The molecule has 0 amide bonds. The number of nitrogens with one attached hydrogen (secondary N) is 1. The van der Waals surface area contributed by atoms with E-state index in [1.807, 2.05) is 10.9 Å². The van der Waals surface area contributed by atoms with E-state index in [2.05, 4.69) is 28.5 Å². The molecule has 0 spiro atoms. The maximum Gasteiger partial charge on any atom is 0.0536 e. The van der Waals surface area contributed by atoms with Gasteiger partial charge in [0.05, 0.1) is 12.2 Å². The fourth-order valence-electron chi connectivity index (χ4n) is 2.04. The Bertz CT molecular complexity index is 289. The molecule has 15 heavy (non-hydrogen) atoms. The predicted octanol–water partition coefficient (Wildman–Crippen LogP) is 1.39. The van der Waals surface area contributed by atoms with Gasteiger partial charge in [-0.3, -0.25) is 4.68 Å². The fourth-order valence-corrected chi connectivity index (χ4v) is 2.04. The molecule has 0 atom stereocenters. The minimum absolute atomic E-state index is 0.897. The lowest BCUT2D eigenvalue weighted by molar-refractivity contribution is 0.149. The Kier molecular flexibility index (Phi) is 3.75. The van der Waals surface area contributed by atoms with Crippen molar-refractivity contribution in [3.8, 4) is 0 Å². The van der Waals surface area contributed by atoms with E-state index in [9.17, 15) is 0 Å². The number of aromatic nitrogens is 2. The predicted molar refractivity (Wildman–Crippen MR) is 60.2 cm³/mol. The van der Waals surface area contributed by atoms with E-state index >= 15 is 0 Å². The average molecular weight is 208 g/mol. The number of piperidine rings is 1. The van der Waals surface area contributed by atoms with Crippen LogP contribution in [0.25, 0.3) is 0 Å². The number of hydrogen-bond donors (Lipinski definition) is 1. The normalized spacial score (nSPS) is 18.2. The summed E-state index contributed by atoms with van der Waals surface area (Å²) in [6.07, 6.45) is 5.89. The first-order valence-corrected chi connectivity index (χ1v) is 5.89. The SMILES string of the molecule is CCn1nccc1CNN1CCCCC1. The highest BCUT2D eigenvalue weighted by Crippen LogP contribution is 2.07. The van der Waals surface area contributed by atoms with Crippen LogP contribution in [0.1, 0.15) is 31.9 Å².